The molecule has 1 aliphatic rings. The maximum atomic E-state index is 5.43. The highest BCUT2D eigenvalue weighted by molar-refractivity contribution is 5.43. The van der Waals surface area contributed by atoms with Crippen LogP contribution in [-0.4, -0.2) is 37.7 Å². The predicted molar refractivity (Wildman–Crippen MR) is 99.7 cm³/mol. The third-order valence-corrected chi connectivity index (χ3v) is 5.13. The number of hydrogen-bond acceptors (Lipinski definition) is 3. The minimum atomic E-state index is 0.529. The summed E-state index contributed by atoms with van der Waals surface area (Å²) in [5.41, 5.74) is 5.43. The zero-order valence-electron chi connectivity index (χ0n) is 15.0. The summed E-state index contributed by atoms with van der Waals surface area (Å²) in [5, 5.41) is 3.67. The zero-order chi connectivity index (χ0) is 16.9. The third kappa shape index (κ3) is 3.97. The second-order valence-corrected chi connectivity index (χ2v) is 6.75. The second kappa shape index (κ2) is 7.82. The molecule has 0 aromatic heterocycles. The molecule has 3 rings (SSSR count). The number of benzene rings is 2. The van der Waals surface area contributed by atoms with Gasteiger partial charge in [0.2, 0.25) is 0 Å². The first-order valence-corrected chi connectivity index (χ1v) is 8.80. The molecule has 24 heavy (non-hydrogen) atoms. The summed E-state index contributed by atoms with van der Waals surface area (Å²) in [6.45, 7) is 8.63. The highest BCUT2D eigenvalue weighted by atomic mass is 16.5. The molecule has 1 aliphatic heterocycles. The molecule has 0 radical (unpaired) electrons. The molecule has 0 saturated carbocycles. The molecule has 3 nitrogen and oxygen atoms in total. The molecular weight excluding hydrogens is 296 g/mol. The molecule has 1 unspecified atom stereocenters. The van der Waals surface area contributed by atoms with Gasteiger partial charge >= 0.3 is 0 Å². The van der Waals surface area contributed by atoms with Crippen LogP contribution < -0.4 is 10.1 Å². The van der Waals surface area contributed by atoms with Crippen LogP contribution >= 0.6 is 0 Å². The van der Waals surface area contributed by atoms with Crippen molar-refractivity contribution in [2.24, 2.45) is 0 Å². The van der Waals surface area contributed by atoms with Gasteiger partial charge < -0.3 is 10.1 Å². The molecule has 1 N–H and O–H groups in total. The van der Waals surface area contributed by atoms with Crippen LogP contribution in [-0.2, 0) is 13.0 Å². The average Bonchev–Trinajstić information content (AvgIpc) is 2.60. The summed E-state index contributed by atoms with van der Waals surface area (Å²) in [7, 11) is 1.74. The van der Waals surface area contributed by atoms with Crippen LogP contribution in [0.3, 0.4) is 0 Å². The standard InChI is InChI=1S/C21H28N2O/c1-16-17(2)21(24-3)10-9-19(16)14-23-12-11-22-20(15-23)13-18-7-5-4-6-8-18/h4-10,20,22H,11-15H2,1-3H3. The number of ether oxygens (including phenoxy) is 1. The Kier molecular flexibility index (Phi) is 5.54. The van der Waals surface area contributed by atoms with Crippen LogP contribution in [0.25, 0.3) is 0 Å². The molecule has 0 aliphatic carbocycles. The summed E-state index contributed by atoms with van der Waals surface area (Å²) in [6, 6.07) is 15.6. The minimum absolute atomic E-state index is 0.529. The molecule has 2 aromatic carbocycles. The molecule has 0 spiro atoms. The Labute approximate surface area is 145 Å². The summed E-state index contributed by atoms with van der Waals surface area (Å²) in [6.07, 6.45) is 1.10. The predicted octanol–water partition coefficient (Wildman–Crippen LogP) is 3.33. The summed E-state index contributed by atoms with van der Waals surface area (Å²) in [4.78, 5) is 2.57. The van der Waals surface area contributed by atoms with E-state index in [2.05, 4.69) is 66.5 Å². The van der Waals surface area contributed by atoms with Gasteiger partial charge in [0.05, 0.1) is 7.11 Å². The van der Waals surface area contributed by atoms with E-state index in [1.165, 1.54) is 22.3 Å². The molecule has 0 bridgehead atoms. The van der Waals surface area contributed by atoms with Crippen molar-refractivity contribution in [3.63, 3.8) is 0 Å². The van der Waals surface area contributed by atoms with Crippen LogP contribution in [0.2, 0.25) is 0 Å². The van der Waals surface area contributed by atoms with Gasteiger partial charge in [-0.3, -0.25) is 4.90 Å². The maximum Gasteiger partial charge on any atom is 0.122 e. The van der Waals surface area contributed by atoms with Gasteiger partial charge in [-0.05, 0) is 48.6 Å². The van der Waals surface area contributed by atoms with Crippen molar-refractivity contribution < 1.29 is 4.74 Å². The Morgan fingerprint density at radius 2 is 1.88 bits per heavy atom. The van der Waals surface area contributed by atoms with Gasteiger partial charge in [-0.1, -0.05) is 36.4 Å². The maximum absolute atomic E-state index is 5.43. The SMILES string of the molecule is COc1ccc(CN2CCNC(Cc3ccccc3)C2)c(C)c1C. The third-order valence-electron chi connectivity index (χ3n) is 5.13. The van der Waals surface area contributed by atoms with Gasteiger partial charge in [0.15, 0.2) is 0 Å². The lowest BCUT2D eigenvalue weighted by Crippen LogP contribution is -2.51. The largest absolute Gasteiger partial charge is 0.496 e. The van der Waals surface area contributed by atoms with Crippen molar-refractivity contribution in [2.45, 2.75) is 32.9 Å². The lowest BCUT2D eigenvalue weighted by Gasteiger charge is -2.34. The van der Waals surface area contributed by atoms with E-state index in [0.29, 0.717) is 6.04 Å². The van der Waals surface area contributed by atoms with Crippen LogP contribution in [0.4, 0.5) is 0 Å². The number of methoxy groups -OCH3 is 1. The summed E-state index contributed by atoms with van der Waals surface area (Å²) >= 11 is 0. The minimum Gasteiger partial charge on any atom is -0.496 e. The molecule has 1 saturated heterocycles. The van der Waals surface area contributed by atoms with E-state index < -0.39 is 0 Å². The number of rotatable bonds is 5. The molecule has 1 fully saturated rings. The Morgan fingerprint density at radius 3 is 2.62 bits per heavy atom. The van der Waals surface area contributed by atoms with Gasteiger partial charge in [0, 0.05) is 32.2 Å². The van der Waals surface area contributed by atoms with Gasteiger partial charge in [-0.2, -0.15) is 0 Å². The van der Waals surface area contributed by atoms with Crippen LogP contribution in [0.1, 0.15) is 22.3 Å². The number of hydrogen-bond donors (Lipinski definition) is 1. The fourth-order valence-electron chi connectivity index (χ4n) is 3.56. The molecule has 2 aromatic rings. The first-order chi connectivity index (χ1) is 11.7. The van der Waals surface area contributed by atoms with E-state index >= 15 is 0 Å². The van der Waals surface area contributed by atoms with E-state index in [4.69, 9.17) is 4.74 Å². The fourth-order valence-corrected chi connectivity index (χ4v) is 3.56. The van der Waals surface area contributed by atoms with E-state index in [1.807, 2.05) is 0 Å². The zero-order valence-corrected chi connectivity index (χ0v) is 15.0. The van der Waals surface area contributed by atoms with E-state index in [1.54, 1.807) is 7.11 Å². The van der Waals surface area contributed by atoms with Crippen molar-refractivity contribution in [3.05, 3.63) is 64.7 Å². The van der Waals surface area contributed by atoms with Crippen molar-refractivity contribution >= 4 is 0 Å². The summed E-state index contributed by atoms with van der Waals surface area (Å²) < 4.78 is 5.43. The van der Waals surface area contributed by atoms with Gasteiger partial charge in [0.1, 0.15) is 5.75 Å². The Morgan fingerprint density at radius 1 is 1.08 bits per heavy atom. The Balaban J connectivity index is 1.64. The van der Waals surface area contributed by atoms with Gasteiger partial charge in [0.25, 0.3) is 0 Å². The lowest BCUT2D eigenvalue weighted by molar-refractivity contribution is 0.191. The molecule has 1 atom stereocenters. The molecule has 1 heterocycles. The van der Waals surface area contributed by atoms with E-state index in [9.17, 15) is 0 Å². The normalized spacial score (nSPS) is 18.5. The Hall–Kier alpha value is -1.84. The first-order valence-electron chi connectivity index (χ1n) is 8.80. The molecule has 3 heteroatoms. The average molecular weight is 324 g/mol. The van der Waals surface area contributed by atoms with Gasteiger partial charge in [-0.15, -0.1) is 0 Å². The topological polar surface area (TPSA) is 24.5 Å². The number of nitrogens with one attached hydrogen (secondary N) is 1. The van der Waals surface area contributed by atoms with Gasteiger partial charge in [-0.25, -0.2) is 0 Å². The number of piperazine rings is 1. The highest BCUT2D eigenvalue weighted by Crippen LogP contribution is 2.25. The first kappa shape index (κ1) is 17.0. The molecular formula is C21H28N2O. The molecule has 128 valence electrons. The lowest BCUT2D eigenvalue weighted by atomic mass is 10.0. The quantitative estimate of drug-likeness (QED) is 0.913. The molecule has 0 amide bonds. The van der Waals surface area contributed by atoms with Crippen LogP contribution in [0.5, 0.6) is 5.75 Å². The van der Waals surface area contributed by atoms with Crippen molar-refractivity contribution in [1.82, 2.24) is 10.2 Å². The number of nitrogens with zero attached hydrogens (tertiary/aromatic N) is 1. The van der Waals surface area contributed by atoms with E-state index in [-0.39, 0.29) is 0 Å². The highest BCUT2D eigenvalue weighted by Gasteiger charge is 2.20. The van der Waals surface area contributed by atoms with Crippen molar-refractivity contribution in [2.75, 3.05) is 26.7 Å². The van der Waals surface area contributed by atoms with Crippen molar-refractivity contribution in [3.8, 4) is 5.75 Å². The van der Waals surface area contributed by atoms with Crippen molar-refractivity contribution in [1.29, 1.82) is 0 Å². The van der Waals surface area contributed by atoms with E-state index in [0.717, 1.165) is 38.3 Å². The monoisotopic (exact) mass is 324 g/mol. The Bertz CT molecular complexity index is 669. The summed E-state index contributed by atoms with van der Waals surface area (Å²) in [5.74, 6) is 0.985. The smallest absolute Gasteiger partial charge is 0.122 e. The fraction of sp³-hybridized carbons (Fsp3) is 0.429. The van der Waals surface area contributed by atoms with Crippen LogP contribution in [0, 0.1) is 13.8 Å². The second-order valence-electron chi connectivity index (χ2n) is 6.75. The van der Waals surface area contributed by atoms with Crippen LogP contribution in [0.15, 0.2) is 42.5 Å².